The Kier molecular flexibility index (Phi) is 3.81. The molecule has 2 aromatic heterocycles. The Morgan fingerprint density at radius 3 is 2.94 bits per heavy atom. The van der Waals surface area contributed by atoms with Gasteiger partial charge in [0, 0.05) is 36.0 Å². The first-order valence-electron chi connectivity index (χ1n) is 5.51. The van der Waals surface area contributed by atoms with E-state index < -0.39 is 0 Å². The summed E-state index contributed by atoms with van der Waals surface area (Å²) in [4.78, 5) is 1.27. The summed E-state index contributed by atoms with van der Waals surface area (Å²) >= 11 is 1.71. The molecule has 17 heavy (non-hydrogen) atoms. The molecular weight excluding hydrogens is 234 g/mol. The number of aryl methyl sites for hydroxylation is 1. The molecule has 0 saturated heterocycles. The molecule has 1 unspecified atom stereocenters. The van der Waals surface area contributed by atoms with Crippen LogP contribution in [0.25, 0.3) is 0 Å². The summed E-state index contributed by atoms with van der Waals surface area (Å²) in [6.45, 7) is 0. The molecule has 5 heteroatoms. The minimum absolute atomic E-state index is 0.291. The highest BCUT2D eigenvalue weighted by molar-refractivity contribution is 7.10. The van der Waals surface area contributed by atoms with Crippen molar-refractivity contribution in [3.05, 3.63) is 34.3 Å². The maximum atomic E-state index is 5.21. The summed E-state index contributed by atoms with van der Waals surface area (Å²) < 4.78 is 7.04. The van der Waals surface area contributed by atoms with Crippen LogP contribution < -0.4 is 10.1 Å². The normalized spacial score (nSPS) is 12.6. The number of nitrogens with zero attached hydrogens (tertiary/aromatic N) is 2. The maximum absolute atomic E-state index is 5.21. The van der Waals surface area contributed by atoms with Crippen LogP contribution in [-0.4, -0.2) is 23.9 Å². The highest BCUT2D eigenvalue weighted by Crippen LogP contribution is 2.28. The van der Waals surface area contributed by atoms with Gasteiger partial charge in [-0.1, -0.05) is 0 Å². The molecule has 0 aliphatic rings. The molecule has 1 atom stereocenters. The number of thiophene rings is 1. The first-order valence-corrected chi connectivity index (χ1v) is 6.39. The lowest BCUT2D eigenvalue weighted by atomic mass is 10.1. The van der Waals surface area contributed by atoms with Gasteiger partial charge in [-0.2, -0.15) is 5.10 Å². The molecule has 0 fully saturated rings. The van der Waals surface area contributed by atoms with E-state index in [1.54, 1.807) is 18.4 Å². The van der Waals surface area contributed by atoms with E-state index in [4.69, 9.17) is 4.74 Å². The van der Waals surface area contributed by atoms with Gasteiger partial charge in [-0.25, -0.2) is 0 Å². The highest BCUT2D eigenvalue weighted by Gasteiger charge is 2.14. The van der Waals surface area contributed by atoms with Crippen LogP contribution in [0.3, 0.4) is 0 Å². The van der Waals surface area contributed by atoms with Crippen LogP contribution in [0.15, 0.2) is 23.7 Å². The third-order valence-electron chi connectivity index (χ3n) is 2.71. The van der Waals surface area contributed by atoms with Gasteiger partial charge in [0.05, 0.1) is 12.8 Å². The Morgan fingerprint density at radius 2 is 2.41 bits per heavy atom. The zero-order valence-corrected chi connectivity index (χ0v) is 11.1. The quantitative estimate of drug-likeness (QED) is 0.883. The van der Waals surface area contributed by atoms with E-state index in [1.807, 2.05) is 30.4 Å². The Labute approximate surface area is 105 Å². The molecule has 0 aromatic carbocycles. The van der Waals surface area contributed by atoms with Crippen LogP contribution in [0, 0.1) is 0 Å². The number of hydrogen-bond donors (Lipinski definition) is 1. The number of methoxy groups -OCH3 is 1. The van der Waals surface area contributed by atoms with E-state index in [1.165, 1.54) is 4.88 Å². The Bertz CT molecular complexity index is 478. The molecule has 0 bridgehead atoms. The van der Waals surface area contributed by atoms with Gasteiger partial charge in [-0.15, -0.1) is 11.3 Å². The molecule has 0 aliphatic carbocycles. The van der Waals surface area contributed by atoms with Crippen molar-refractivity contribution in [3.8, 4) is 5.75 Å². The Morgan fingerprint density at radius 1 is 1.59 bits per heavy atom. The summed E-state index contributed by atoms with van der Waals surface area (Å²) in [5.74, 6) is 0.922. The van der Waals surface area contributed by atoms with Gasteiger partial charge < -0.3 is 10.1 Å². The monoisotopic (exact) mass is 251 g/mol. The van der Waals surface area contributed by atoms with Crippen molar-refractivity contribution in [1.82, 2.24) is 15.1 Å². The number of ether oxygens (including phenoxy) is 1. The molecule has 2 aromatic rings. The van der Waals surface area contributed by atoms with Crippen LogP contribution >= 0.6 is 11.3 Å². The Balaban J connectivity index is 2.10. The van der Waals surface area contributed by atoms with Crippen LogP contribution in [0.2, 0.25) is 0 Å². The van der Waals surface area contributed by atoms with Gasteiger partial charge >= 0.3 is 0 Å². The van der Waals surface area contributed by atoms with Crippen molar-refractivity contribution >= 4 is 11.3 Å². The molecule has 1 N–H and O–H groups in total. The van der Waals surface area contributed by atoms with Gasteiger partial charge in [-0.3, -0.25) is 4.68 Å². The summed E-state index contributed by atoms with van der Waals surface area (Å²) in [6.07, 6.45) is 2.86. The fourth-order valence-electron chi connectivity index (χ4n) is 1.75. The van der Waals surface area contributed by atoms with E-state index >= 15 is 0 Å². The molecule has 0 radical (unpaired) electrons. The number of likely N-dealkylation sites (N-methyl/N-ethyl adjacent to an activating group) is 1. The van der Waals surface area contributed by atoms with Crippen molar-refractivity contribution in [2.24, 2.45) is 7.05 Å². The lowest BCUT2D eigenvalue weighted by molar-refractivity contribution is 0.416. The van der Waals surface area contributed by atoms with Crippen LogP contribution in [0.4, 0.5) is 0 Å². The zero-order valence-electron chi connectivity index (χ0n) is 10.3. The minimum atomic E-state index is 0.291. The van der Waals surface area contributed by atoms with Gasteiger partial charge in [0.1, 0.15) is 5.75 Å². The third-order valence-corrected chi connectivity index (χ3v) is 3.73. The van der Waals surface area contributed by atoms with Gasteiger partial charge in [0.15, 0.2) is 0 Å². The van der Waals surface area contributed by atoms with E-state index in [2.05, 4.69) is 22.5 Å². The molecule has 0 spiro atoms. The summed E-state index contributed by atoms with van der Waals surface area (Å²) in [5.41, 5.74) is 1.10. The summed E-state index contributed by atoms with van der Waals surface area (Å²) in [7, 11) is 5.60. The smallest absolute Gasteiger partial charge is 0.129 e. The third kappa shape index (κ3) is 2.87. The van der Waals surface area contributed by atoms with E-state index in [9.17, 15) is 0 Å². The second kappa shape index (κ2) is 5.33. The second-order valence-electron chi connectivity index (χ2n) is 3.92. The predicted molar refractivity (Wildman–Crippen MR) is 69.6 cm³/mol. The lowest BCUT2D eigenvalue weighted by Crippen LogP contribution is -2.18. The predicted octanol–water partition coefficient (Wildman–Crippen LogP) is 1.99. The van der Waals surface area contributed by atoms with E-state index in [0.717, 1.165) is 17.9 Å². The SMILES string of the molecule is CNC(Cc1ccn(C)n1)c1cc(OC)cs1. The van der Waals surface area contributed by atoms with Crippen molar-refractivity contribution < 1.29 is 4.74 Å². The Hall–Kier alpha value is -1.33. The minimum Gasteiger partial charge on any atom is -0.496 e. The van der Waals surface area contributed by atoms with Crippen LogP contribution in [0.5, 0.6) is 5.75 Å². The fraction of sp³-hybridized carbons (Fsp3) is 0.417. The molecular formula is C12H17N3OS. The number of hydrogen-bond acceptors (Lipinski definition) is 4. The molecule has 4 nitrogen and oxygen atoms in total. The van der Waals surface area contributed by atoms with Gasteiger partial charge in [0.2, 0.25) is 0 Å². The second-order valence-corrected chi connectivity index (χ2v) is 4.86. The average molecular weight is 251 g/mol. The van der Waals surface area contributed by atoms with Crippen molar-refractivity contribution in [1.29, 1.82) is 0 Å². The standard InChI is InChI=1S/C12H17N3OS/c1-13-11(6-9-4-5-15(2)14-9)12-7-10(16-3)8-17-12/h4-5,7-8,11,13H,6H2,1-3H3. The molecule has 0 aliphatic heterocycles. The van der Waals surface area contributed by atoms with Crippen molar-refractivity contribution in [2.45, 2.75) is 12.5 Å². The summed E-state index contributed by atoms with van der Waals surface area (Å²) in [5, 5.41) is 9.75. The van der Waals surface area contributed by atoms with Crippen molar-refractivity contribution in [2.75, 3.05) is 14.2 Å². The van der Waals surface area contributed by atoms with Crippen molar-refractivity contribution in [3.63, 3.8) is 0 Å². The number of aromatic nitrogens is 2. The largest absolute Gasteiger partial charge is 0.496 e. The number of rotatable bonds is 5. The topological polar surface area (TPSA) is 39.1 Å². The van der Waals surface area contributed by atoms with E-state index in [-0.39, 0.29) is 0 Å². The van der Waals surface area contributed by atoms with E-state index in [0.29, 0.717) is 6.04 Å². The first-order chi connectivity index (χ1) is 8.22. The van der Waals surface area contributed by atoms with Gasteiger partial charge in [0.25, 0.3) is 0 Å². The molecule has 2 rings (SSSR count). The lowest BCUT2D eigenvalue weighted by Gasteiger charge is -2.12. The maximum Gasteiger partial charge on any atom is 0.129 e. The number of nitrogens with one attached hydrogen (secondary N) is 1. The first kappa shape index (κ1) is 12.1. The average Bonchev–Trinajstić information content (AvgIpc) is 2.94. The molecule has 2 heterocycles. The molecule has 0 saturated carbocycles. The fourth-order valence-corrected chi connectivity index (χ4v) is 2.72. The highest BCUT2D eigenvalue weighted by atomic mass is 32.1. The van der Waals surface area contributed by atoms with Crippen LogP contribution in [-0.2, 0) is 13.5 Å². The zero-order chi connectivity index (χ0) is 12.3. The van der Waals surface area contributed by atoms with Gasteiger partial charge in [-0.05, 0) is 19.2 Å². The molecule has 92 valence electrons. The van der Waals surface area contributed by atoms with Crippen LogP contribution in [0.1, 0.15) is 16.6 Å². The molecule has 0 amide bonds. The summed E-state index contributed by atoms with van der Waals surface area (Å²) in [6, 6.07) is 4.42.